The first-order valence-corrected chi connectivity index (χ1v) is 9.68. The van der Waals surface area contributed by atoms with E-state index in [1.807, 2.05) is 0 Å². The second kappa shape index (κ2) is 9.22. The first-order valence-electron chi connectivity index (χ1n) is 9.31. The maximum atomic E-state index is 13.6. The van der Waals surface area contributed by atoms with Gasteiger partial charge in [-0.25, -0.2) is 13.6 Å². The van der Waals surface area contributed by atoms with Crippen LogP contribution in [0.4, 0.5) is 8.78 Å². The largest absolute Gasteiger partial charge is 0.458 e. The Labute approximate surface area is 178 Å². The number of hydrogen-bond donors (Lipinski definition) is 0. The molecule has 7 heteroatoms. The average Bonchev–Trinajstić information content (AvgIpc) is 2.72. The fraction of sp³-hybridized carbons (Fsp3) is 0.217. The quantitative estimate of drug-likeness (QED) is 0.470. The summed E-state index contributed by atoms with van der Waals surface area (Å²) in [4.78, 5) is 27.2. The Bertz CT molecular complexity index is 1030. The van der Waals surface area contributed by atoms with Crippen molar-refractivity contribution in [2.24, 2.45) is 0 Å². The predicted molar refractivity (Wildman–Crippen MR) is 110 cm³/mol. The zero-order valence-corrected chi connectivity index (χ0v) is 17.1. The minimum atomic E-state index is -1.00. The summed E-state index contributed by atoms with van der Waals surface area (Å²) >= 11 is 6.33. The van der Waals surface area contributed by atoms with E-state index in [0.29, 0.717) is 27.4 Å². The van der Waals surface area contributed by atoms with E-state index < -0.39 is 23.5 Å². The fourth-order valence-electron chi connectivity index (χ4n) is 3.52. The Morgan fingerprint density at radius 1 is 1.27 bits per heavy atom. The monoisotopic (exact) mass is 431 g/mol. The maximum absolute atomic E-state index is 13.6. The molecule has 4 nitrogen and oxygen atoms in total. The molecular formula is C23H20ClF2NO3. The van der Waals surface area contributed by atoms with E-state index in [4.69, 9.17) is 16.3 Å². The van der Waals surface area contributed by atoms with Gasteiger partial charge in [0.25, 0.3) is 0 Å². The molecule has 1 heterocycles. The Balaban J connectivity index is 2.04. The van der Waals surface area contributed by atoms with Crippen molar-refractivity contribution in [1.29, 1.82) is 0 Å². The highest BCUT2D eigenvalue weighted by Crippen LogP contribution is 2.40. The molecule has 0 unspecified atom stereocenters. The highest BCUT2D eigenvalue weighted by Gasteiger charge is 2.37. The number of nitrogens with zero attached hydrogens (tertiary/aromatic N) is 1. The number of rotatable bonds is 6. The molecule has 30 heavy (non-hydrogen) atoms. The summed E-state index contributed by atoms with van der Waals surface area (Å²) in [5, 5.41) is 0.436. The molecular weight excluding hydrogens is 412 g/mol. The molecule has 156 valence electrons. The predicted octanol–water partition coefficient (Wildman–Crippen LogP) is 5.14. The summed E-state index contributed by atoms with van der Waals surface area (Å²) in [6.45, 7) is 5.18. The average molecular weight is 432 g/mol. The van der Waals surface area contributed by atoms with Gasteiger partial charge in [0, 0.05) is 23.1 Å². The molecule has 3 rings (SSSR count). The molecule has 0 fully saturated rings. The number of allylic oxidation sites excluding steroid dienone is 1. The van der Waals surface area contributed by atoms with E-state index in [1.54, 1.807) is 31.2 Å². The zero-order valence-electron chi connectivity index (χ0n) is 16.3. The van der Waals surface area contributed by atoms with Gasteiger partial charge in [-0.05, 0) is 36.2 Å². The molecule has 0 aromatic heterocycles. The highest BCUT2D eigenvalue weighted by atomic mass is 35.5. The smallest absolute Gasteiger partial charge is 0.336 e. The van der Waals surface area contributed by atoms with Crippen LogP contribution in [-0.4, -0.2) is 23.4 Å². The van der Waals surface area contributed by atoms with Gasteiger partial charge in [-0.3, -0.25) is 4.79 Å². The summed E-state index contributed by atoms with van der Waals surface area (Å²) < 4.78 is 32.1. The van der Waals surface area contributed by atoms with Crippen LogP contribution < -0.4 is 0 Å². The van der Waals surface area contributed by atoms with E-state index in [2.05, 4.69) is 6.58 Å². The minimum Gasteiger partial charge on any atom is -0.458 e. The Hall–Kier alpha value is -2.99. The number of hydrogen-bond acceptors (Lipinski definition) is 3. The lowest BCUT2D eigenvalue weighted by Gasteiger charge is -2.34. The van der Waals surface area contributed by atoms with Crippen LogP contribution in [0.3, 0.4) is 0 Å². The number of halogens is 3. The summed E-state index contributed by atoms with van der Waals surface area (Å²) in [5.41, 5.74) is 1.73. The third kappa shape index (κ3) is 4.44. The number of amides is 1. The van der Waals surface area contributed by atoms with E-state index in [-0.39, 0.29) is 25.5 Å². The van der Waals surface area contributed by atoms with Crippen LogP contribution in [0.15, 0.2) is 66.4 Å². The van der Waals surface area contributed by atoms with E-state index in [1.165, 1.54) is 17.0 Å². The van der Waals surface area contributed by atoms with Crippen molar-refractivity contribution >= 4 is 23.5 Å². The van der Waals surface area contributed by atoms with Crippen molar-refractivity contribution in [3.8, 4) is 0 Å². The maximum Gasteiger partial charge on any atom is 0.336 e. The molecule has 2 aromatic carbocycles. The van der Waals surface area contributed by atoms with Crippen molar-refractivity contribution in [1.82, 2.24) is 4.90 Å². The first kappa shape index (κ1) is 21.7. The number of carbonyl (C=O) groups is 2. The van der Waals surface area contributed by atoms with Crippen molar-refractivity contribution < 1.29 is 23.1 Å². The van der Waals surface area contributed by atoms with Gasteiger partial charge >= 0.3 is 5.97 Å². The normalized spacial score (nSPS) is 16.6. The standard InChI is InChI=1S/C23H20ClF2NO3/c1-3-10-30-23(29)22-14(2)27(13-15-8-9-19(25)20(26)11-15)21(28)12-17(22)16-6-4-5-7-18(16)24/h3-9,11,17H,1,10,12-13H2,2H3/t17-/m1/s1. The van der Waals surface area contributed by atoms with Crippen molar-refractivity contribution in [2.45, 2.75) is 25.8 Å². The molecule has 0 bridgehead atoms. The van der Waals surface area contributed by atoms with Crippen molar-refractivity contribution in [3.05, 3.63) is 94.2 Å². The summed E-state index contributed by atoms with van der Waals surface area (Å²) in [6.07, 6.45) is 1.44. The van der Waals surface area contributed by atoms with E-state index in [9.17, 15) is 18.4 Å². The Morgan fingerprint density at radius 2 is 2.00 bits per heavy atom. The molecule has 0 N–H and O–H groups in total. The Kier molecular flexibility index (Phi) is 6.67. The van der Waals surface area contributed by atoms with E-state index in [0.717, 1.165) is 12.1 Å². The van der Waals surface area contributed by atoms with Crippen LogP contribution in [0, 0.1) is 11.6 Å². The van der Waals surface area contributed by atoms with Gasteiger partial charge in [0.1, 0.15) is 6.61 Å². The van der Waals surface area contributed by atoms with Crippen molar-refractivity contribution in [3.63, 3.8) is 0 Å². The van der Waals surface area contributed by atoms with Gasteiger partial charge in [-0.1, -0.05) is 48.5 Å². The SMILES string of the molecule is C=CCOC(=O)C1=C(C)N(Cc2ccc(F)c(F)c2)C(=O)C[C@@H]1c1ccccc1Cl. The molecule has 1 atom stereocenters. The second-order valence-corrected chi connectivity index (χ2v) is 7.30. The molecule has 2 aromatic rings. The lowest BCUT2D eigenvalue weighted by atomic mass is 9.83. The number of carbonyl (C=O) groups excluding carboxylic acids is 2. The van der Waals surface area contributed by atoms with Crippen LogP contribution >= 0.6 is 11.6 Å². The van der Waals surface area contributed by atoms with Crippen molar-refractivity contribution in [2.75, 3.05) is 6.61 Å². The van der Waals surface area contributed by atoms with Crippen LogP contribution in [0.2, 0.25) is 5.02 Å². The summed E-state index contributed by atoms with van der Waals surface area (Å²) in [6, 6.07) is 10.4. The van der Waals surface area contributed by atoms with Gasteiger partial charge in [0.2, 0.25) is 5.91 Å². The topological polar surface area (TPSA) is 46.6 Å². The summed E-state index contributed by atoms with van der Waals surface area (Å²) in [5.74, 6) is -3.39. The van der Waals surface area contributed by atoms with E-state index >= 15 is 0 Å². The number of esters is 1. The second-order valence-electron chi connectivity index (χ2n) is 6.89. The number of ether oxygens (including phenoxy) is 1. The molecule has 1 aliphatic heterocycles. The Morgan fingerprint density at radius 3 is 2.67 bits per heavy atom. The lowest BCUT2D eigenvalue weighted by molar-refractivity contribution is -0.139. The molecule has 1 aliphatic rings. The van der Waals surface area contributed by atoms with Gasteiger partial charge in [0.05, 0.1) is 12.1 Å². The van der Waals surface area contributed by atoms with Gasteiger partial charge in [-0.2, -0.15) is 0 Å². The first-order chi connectivity index (χ1) is 14.3. The molecule has 0 radical (unpaired) electrons. The van der Waals surface area contributed by atoms with Crippen LogP contribution in [-0.2, 0) is 20.9 Å². The van der Waals surface area contributed by atoms with Crippen LogP contribution in [0.5, 0.6) is 0 Å². The molecule has 0 saturated carbocycles. The zero-order chi connectivity index (χ0) is 21.8. The third-order valence-electron chi connectivity index (χ3n) is 4.98. The molecule has 0 saturated heterocycles. The number of benzene rings is 2. The van der Waals surface area contributed by atoms with Gasteiger partial charge in [-0.15, -0.1) is 0 Å². The summed E-state index contributed by atoms with van der Waals surface area (Å²) in [7, 11) is 0. The third-order valence-corrected chi connectivity index (χ3v) is 5.32. The molecule has 0 spiro atoms. The minimum absolute atomic E-state index is 0.00462. The highest BCUT2D eigenvalue weighted by molar-refractivity contribution is 6.31. The fourth-order valence-corrected chi connectivity index (χ4v) is 3.79. The molecule has 1 amide bonds. The van der Waals surface area contributed by atoms with Crippen LogP contribution in [0.25, 0.3) is 0 Å². The van der Waals surface area contributed by atoms with Gasteiger partial charge < -0.3 is 9.64 Å². The molecule has 0 aliphatic carbocycles. The van der Waals surface area contributed by atoms with Gasteiger partial charge in [0.15, 0.2) is 11.6 Å². The lowest BCUT2D eigenvalue weighted by Crippen LogP contribution is -2.38. The van der Waals surface area contributed by atoms with Crippen LogP contribution in [0.1, 0.15) is 30.4 Å².